The van der Waals surface area contributed by atoms with Gasteiger partial charge in [0.2, 0.25) is 0 Å². The maximum absolute atomic E-state index is 4.54. The van der Waals surface area contributed by atoms with Crippen molar-refractivity contribution in [3.05, 3.63) is 16.5 Å². The second-order valence-electron chi connectivity index (χ2n) is 6.09. The first-order valence-electron chi connectivity index (χ1n) is 6.50. The van der Waals surface area contributed by atoms with Gasteiger partial charge in [-0.3, -0.25) is 0 Å². The predicted molar refractivity (Wildman–Crippen MR) is 80.9 cm³/mol. The molecule has 0 unspecified atom stereocenters. The molecule has 1 aromatic heterocycles. The molecule has 1 rings (SSSR count). The molecule has 0 radical (unpaired) electrons. The van der Waals surface area contributed by atoms with Crippen molar-refractivity contribution in [2.24, 2.45) is 11.3 Å². The van der Waals surface area contributed by atoms with E-state index in [0.717, 1.165) is 22.8 Å². The van der Waals surface area contributed by atoms with E-state index < -0.39 is 0 Å². The fourth-order valence-electron chi connectivity index (χ4n) is 1.31. The topological polar surface area (TPSA) is 37.8 Å². The van der Waals surface area contributed by atoms with E-state index in [9.17, 15) is 0 Å². The highest BCUT2D eigenvalue weighted by Crippen LogP contribution is 2.26. The molecule has 0 saturated carbocycles. The Balaban J connectivity index is 2.79. The number of nitrogens with zero attached hydrogens (tertiary/aromatic N) is 2. The molecule has 0 amide bonds. The second kappa shape index (κ2) is 6.00. The summed E-state index contributed by atoms with van der Waals surface area (Å²) in [5.41, 5.74) is 0.245. The van der Waals surface area contributed by atoms with E-state index in [1.54, 1.807) is 0 Å². The summed E-state index contributed by atoms with van der Waals surface area (Å²) in [6.45, 7) is 14.1. The Morgan fingerprint density at radius 3 is 2.33 bits per heavy atom. The van der Waals surface area contributed by atoms with Gasteiger partial charge in [0.1, 0.15) is 16.2 Å². The van der Waals surface area contributed by atoms with Gasteiger partial charge >= 0.3 is 0 Å². The molecule has 4 heteroatoms. The smallest absolute Gasteiger partial charge is 0.134 e. The zero-order valence-corrected chi connectivity index (χ0v) is 13.8. The number of hydrogen-bond acceptors (Lipinski definition) is 3. The normalized spacial score (nSPS) is 12.3. The average molecular weight is 314 g/mol. The van der Waals surface area contributed by atoms with Gasteiger partial charge in [0, 0.05) is 18.5 Å². The van der Waals surface area contributed by atoms with E-state index in [4.69, 9.17) is 0 Å². The summed E-state index contributed by atoms with van der Waals surface area (Å²) in [6, 6.07) is 1.93. The quantitative estimate of drug-likeness (QED) is 0.816. The van der Waals surface area contributed by atoms with Crippen molar-refractivity contribution < 1.29 is 0 Å². The summed E-state index contributed by atoms with van der Waals surface area (Å²) < 4.78 is 0.839. The summed E-state index contributed by atoms with van der Waals surface area (Å²) in [4.78, 5) is 8.92. The number of nitrogens with one attached hydrogen (secondary N) is 1. The number of aromatic nitrogens is 2. The molecule has 3 nitrogen and oxygen atoms in total. The Kier molecular flexibility index (Phi) is 5.14. The Bertz CT molecular complexity index is 400. The summed E-state index contributed by atoms with van der Waals surface area (Å²) in [7, 11) is 0. The molecule has 0 aliphatic heterocycles. The average Bonchev–Trinajstić information content (AvgIpc) is 2.25. The zero-order chi connectivity index (χ0) is 13.9. The minimum Gasteiger partial charge on any atom is -0.369 e. The van der Waals surface area contributed by atoms with Crippen LogP contribution in [0.2, 0.25) is 0 Å². The largest absolute Gasteiger partial charge is 0.369 e. The maximum Gasteiger partial charge on any atom is 0.134 e. The third-order valence-corrected chi connectivity index (χ3v) is 3.92. The van der Waals surface area contributed by atoms with Crippen LogP contribution in [-0.2, 0) is 0 Å². The second-order valence-corrected chi connectivity index (χ2v) is 6.90. The van der Waals surface area contributed by atoms with Gasteiger partial charge in [0.05, 0.1) is 0 Å². The summed E-state index contributed by atoms with van der Waals surface area (Å²) in [6.07, 6.45) is 0. The van der Waals surface area contributed by atoms with Gasteiger partial charge in [-0.1, -0.05) is 41.5 Å². The van der Waals surface area contributed by atoms with Crippen molar-refractivity contribution in [1.82, 2.24) is 9.97 Å². The molecule has 0 saturated heterocycles. The van der Waals surface area contributed by atoms with Crippen LogP contribution in [0.25, 0.3) is 0 Å². The van der Waals surface area contributed by atoms with Crippen LogP contribution in [0.3, 0.4) is 0 Å². The van der Waals surface area contributed by atoms with E-state index in [0.29, 0.717) is 11.8 Å². The number of halogens is 1. The van der Waals surface area contributed by atoms with Gasteiger partial charge in [-0.15, -0.1) is 0 Å². The minimum absolute atomic E-state index is 0.245. The Morgan fingerprint density at radius 2 is 1.83 bits per heavy atom. The van der Waals surface area contributed by atoms with Crippen molar-refractivity contribution >= 4 is 21.7 Å². The van der Waals surface area contributed by atoms with Crippen LogP contribution in [0, 0.1) is 11.3 Å². The number of anilines is 1. The molecule has 18 heavy (non-hydrogen) atoms. The molecule has 0 aliphatic rings. The molecule has 1 N–H and O–H groups in total. The van der Waals surface area contributed by atoms with E-state index in [-0.39, 0.29) is 5.41 Å². The van der Waals surface area contributed by atoms with Crippen molar-refractivity contribution in [1.29, 1.82) is 0 Å². The van der Waals surface area contributed by atoms with E-state index in [1.165, 1.54) is 0 Å². The van der Waals surface area contributed by atoms with Crippen molar-refractivity contribution in [2.75, 3.05) is 11.9 Å². The fourth-order valence-corrected chi connectivity index (χ4v) is 1.70. The molecule has 0 spiro atoms. The molecule has 0 fully saturated rings. The Morgan fingerprint density at radius 1 is 1.22 bits per heavy atom. The highest BCUT2D eigenvalue weighted by molar-refractivity contribution is 9.10. The summed E-state index contributed by atoms with van der Waals surface area (Å²) in [5, 5.41) is 3.42. The minimum atomic E-state index is 0.245. The van der Waals surface area contributed by atoms with Crippen molar-refractivity contribution in [2.45, 2.75) is 47.5 Å². The zero-order valence-electron chi connectivity index (χ0n) is 12.2. The molecule has 0 aliphatic carbocycles. The number of rotatable bonds is 5. The highest BCUT2D eigenvalue weighted by Gasteiger charge is 2.22. The van der Waals surface area contributed by atoms with E-state index in [2.05, 4.69) is 72.8 Å². The monoisotopic (exact) mass is 313 g/mol. The van der Waals surface area contributed by atoms with Crippen LogP contribution < -0.4 is 5.32 Å². The van der Waals surface area contributed by atoms with Gasteiger partial charge < -0.3 is 5.32 Å². The Labute approximate surface area is 119 Å². The van der Waals surface area contributed by atoms with Crippen molar-refractivity contribution in [3.8, 4) is 0 Å². The van der Waals surface area contributed by atoms with Gasteiger partial charge in [0.25, 0.3) is 0 Å². The molecule has 1 aromatic rings. The SMILES string of the molecule is CC(C)c1nc(Br)cc(NCC(C)(C)C(C)C)n1. The lowest BCUT2D eigenvalue weighted by molar-refractivity contribution is 0.269. The Hall–Kier alpha value is -0.640. The van der Waals surface area contributed by atoms with Gasteiger partial charge in [-0.2, -0.15) is 0 Å². The lowest BCUT2D eigenvalue weighted by Gasteiger charge is -2.29. The van der Waals surface area contributed by atoms with E-state index >= 15 is 0 Å². The molecule has 0 aromatic carbocycles. The van der Waals surface area contributed by atoms with Gasteiger partial charge in [-0.05, 0) is 27.3 Å². The first kappa shape index (κ1) is 15.4. The summed E-state index contributed by atoms with van der Waals surface area (Å²) >= 11 is 3.44. The molecular weight excluding hydrogens is 290 g/mol. The van der Waals surface area contributed by atoms with Gasteiger partial charge in [0.15, 0.2) is 0 Å². The third kappa shape index (κ3) is 4.23. The van der Waals surface area contributed by atoms with Crippen LogP contribution in [0.4, 0.5) is 5.82 Å². The van der Waals surface area contributed by atoms with Crippen LogP contribution in [0.1, 0.15) is 53.3 Å². The fraction of sp³-hybridized carbons (Fsp3) is 0.714. The standard InChI is InChI=1S/C14H24BrN3/c1-9(2)13-17-11(15)7-12(18-13)16-8-14(5,6)10(3)4/h7,9-10H,8H2,1-6H3,(H,16,17,18). The lowest BCUT2D eigenvalue weighted by atomic mass is 9.81. The highest BCUT2D eigenvalue weighted by atomic mass is 79.9. The first-order valence-corrected chi connectivity index (χ1v) is 7.30. The van der Waals surface area contributed by atoms with E-state index in [1.807, 2.05) is 6.07 Å². The third-order valence-electron chi connectivity index (χ3n) is 3.52. The lowest BCUT2D eigenvalue weighted by Crippen LogP contribution is -2.28. The van der Waals surface area contributed by atoms with Crippen LogP contribution in [0.5, 0.6) is 0 Å². The molecule has 102 valence electrons. The first-order chi connectivity index (χ1) is 8.22. The van der Waals surface area contributed by atoms with Crippen LogP contribution in [-0.4, -0.2) is 16.5 Å². The molecule has 1 heterocycles. The van der Waals surface area contributed by atoms with Crippen LogP contribution in [0.15, 0.2) is 10.7 Å². The van der Waals surface area contributed by atoms with Crippen molar-refractivity contribution in [3.63, 3.8) is 0 Å². The predicted octanol–water partition coefficient (Wildman–Crippen LogP) is 4.46. The van der Waals surface area contributed by atoms with Crippen LogP contribution >= 0.6 is 15.9 Å². The number of hydrogen-bond donors (Lipinski definition) is 1. The molecular formula is C14H24BrN3. The molecule has 0 atom stereocenters. The van der Waals surface area contributed by atoms with Gasteiger partial charge in [-0.25, -0.2) is 9.97 Å². The molecule has 0 bridgehead atoms. The maximum atomic E-state index is 4.54. The summed E-state index contributed by atoms with van der Waals surface area (Å²) in [5.74, 6) is 2.73.